The molecule has 0 aliphatic carbocycles. The average molecular weight is 353 g/mol. The van der Waals surface area contributed by atoms with Crippen LogP contribution >= 0.6 is 11.3 Å². The van der Waals surface area contributed by atoms with Gasteiger partial charge >= 0.3 is 0 Å². The van der Waals surface area contributed by atoms with Gasteiger partial charge in [-0.15, -0.1) is 11.3 Å². The molecule has 5 nitrogen and oxygen atoms in total. The van der Waals surface area contributed by atoms with Crippen molar-refractivity contribution in [3.05, 3.63) is 58.8 Å². The van der Waals surface area contributed by atoms with Crippen LogP contribution in [0.4, 0.5) is 0 Å². The lowest BCUT2D eigenvalue weighted by Crippen LogP contribution is -2.35. The smallest absolute Gasteiger partial charge is 0.226 e. The van der Waals surface area contributed by atoms with Gasteiger partial charge in [-0.3, -0.25) is 4.79 Å². The Morgan fingerprint density at radius 1 is 1.20 bits per heavy atom. The minimum absolute atomic E-state index is 0.201. The Bertz CT molecular complexity index is 857. The van der Waals surface area contributed by atoms with Gasteiger partial charge < -0.3 is 9.42 Å². The molecule has 0 spiro atoms. The number of fused-ring (bicyclic) bond motifs is 1. The van der Waals surface area contributed by atoms with E-state index < -0.39 is 0 Å². The van der Waals surface area contributed by atoms with E-state index in [0.717, 1.165) is 30.8 Å². The zero-order valence-corrected chi connectivity index (χ0v) is 14.7. The van der Waals surface area contributed by atoms with E-state index in [-0.39, 0.29) is 5.91 Å². The predicted molar refractivity (Wildman–Crippen MR) is 96.1 cm³/mol. The van der Waals surface area contributed by atoms with E-state index in [2.05, 4.69) is 28.3 Å². The van der Waals surface area contributed by atoms with Gasteiger partial charge in [0.2, 0.25) is 17.6 Å². The standard InChI is InChI=1S/C19H19N3O2S/c23-18(22-11-10-14-5-1-2-6-15(14)13-22)9-3-8-17-20-19(21-24-17)16-7-4-12-25-16/h1-2,4-7,12H,3,8-11,13H2. The van der Waals surface area contributed by atoms with Gasteiger partial charge in [0.1, 0.15) is 0 Å². The van der Waals surface area contributed by atoms with E-state index in [4.69, 9.17) is 4.52 Å². The number of thiophene rings is 1. The Hall–Kier alpha value is -2.47. The highest BCUT2D eigenvalue weighted by Gasteiger charge is 2.20. The summed E-state index contributed by atoms with van der Waals surface area (Å²) in [6.45, 7) is 1.52. The Labute approximate surface area is 150 Å². The molecule has 6 heteroatoms. The third-order valence-corrected chi connectivity index (χ3v) is 5.34. The lowest BCUT2D eigenvalue weighted by molar-refractivity contribution is -0.132. The number of aromatic nitrogens is 2. The van der Waals surface area contributed by atoms with Crippen molar-refractivity contribution in [2.24, 2.45) is 0 Å². The maximum Gasteiger partial charge on any atom is 0.226 e. The molecule has 1 aliphatic rings. The summed E-state index contributed by atoms with van der Waals surface area (Å²) in [5.41, 5.74) is 2.62. The molecule has 3 aromatic rings. The van der Waals surface area contributed by atoms with E-state index in [1.807, 2.05) is 28.5 Å². The molecule has 25 heavy (non-hydrogen) atoms. The fourth-order valence-electron chi connectivity index (χ4n) is 3.12. The first-order valence-corrected chi connectivity index (χ1v) is 9.38. The molecular weight excluding hydrogens is 334 g/mol. The first-order valence-electron chi connectivity index (χ1n) is 8.50. The van der Waals surface area contributed by atoms with Crippen LogP contribution in [-0.2, 0) is 24.2 Å². The number of carbonyl (C=O) groups is 1. The van der Waals surface area contributed by atoms with Gasteiger partial charge in [-0.25, -0.2) is 0 Å². The number of benzene rings is 1. The van der Waals surface area contributed by atoms with Crippen molar-refractivity contribution in [1.82, 2.24) is 15.0 Å². The van der Waals surface area contributed by atoms with Crippen molar-refractivity contribution in [3.8, 4) is 10.7 Å². The molecule has 0 radical (unpaired) electrons. The zero-order chi connectivity index (χ0) is 17.1. The monoisotopic (exact) mass is 353 g/mol. The summed E-state index contributed by atoms with van der Waals surface area (Å²) < 4.78 is 5.28. The summed E-state index contributed by atoms with van der Waals surface area (Å²) in [4.78, 5) is 19.8. The summed E-state index contributed by atoms with van der Waals surface area (Å²) in [5.74, 6) is 1.43. The highest BCUT2D eigenvalue weighted by Crippen LogP contribution is 2.22. The second kappa shape index (κ2) is 7.19. The fraction of sp³-hybridized carbons (Fsp3) is 0.316. The van der Waals surface area contributed by atoms with E-state index in [1.54, 1.807) is 11.3 Å². The number of carbonyl (C=O) groups excluding carboxylic acids is 1. The SMILES string of the molecule is O=C(CCCc1nc(-c2cccs2)no1)N1CCc2ccccc2C1. The van der Waals surface area contributed by atoms with Crippen LogP contribution < -0.4 is 0 Å². The molecule has 0 bridgehead atoms. The van der Waals surface area contributed by atoms with Crippen molar-refractivity contribution >= 4 is 17.2 Å². The maximum absolute atomic E-state index is 12.5. The predicted octanol–water partition coefficient (Wildman–Crippen LogP) is 3.71. The lowest BCUT2D eigenvalue weighted by Gasteiger charge is -2.28. The lowest BCUT2D eigenvalue weighted by atomic mass is 9.99. The zero-order valence-electron chi connectivity index (χ0n) is 13.9. The summed E-state index contributed by atoms with van der Waals surface area (Å²) in [6.07, 6.45) is 2.81. The molecule has 128 valence electrons. The van der Waals surface area contributed by atoms with Gasteiger partial charge in [-0.05, 0) is 35.4 Å². The molecule has 0 atom stereocenters. The average Bonchev–Trinajstić information content (AvgIpc) is 3.32. The first-order chi connectivity index (χ1) is 12.3. The molecule has 0 saturated carbocycles. The van der Waals surface area contributed by atoms with Crippen LogP contribution in [-0.4, -0.2) is 27.5 Å². The highest BCUT2D eigenvalue weighted by molar-refractivity contribution is 7.13. The highest BCUT2D eigenvalue weighted by atomic mass is 32.1. The minimum atomic E-state index is 0.201. The number of rotatable bonds is 5. The third-order valence-electron chi connectivity index (χ3n) is 4.47. The summed E-state index contributed by atoms with van der Waals surface area (Å²) >= 11 is 1.59. The van der Waals surface area contributed by atoms with Gasteiger partial charge in [-0.1, -0.05) is 35.5 Å². The number of aryl methyl sites for hydroxylation is 1. The maximum atomic E-state index is 12.5. The van der Waals surface area contributed by atoms with Gasteiger partial charge in [0.05, 0.1) is 4.88 Å². The molecule has 1 aliphatic heterocycles. The number of hydrogen-bond donors (Lipinski definition) is 0. The fourth-order valence-corrected chi connectivity index (χ4v) is 3.77. The first kappa shape index (κ1) is 16.0. The van der Waals surface area contributed by atoms with E-state index in [9.17, 15) is 4.79 Å². The van der Waals surface area contributed by atoms with Crippen LogP contribution in [0.3, 0.4) is 0 Å². The Morgan fingerprint density at radius 2 is 2.08 bits per heavy atom. The summed E-state index contributed by atoms with van der Waals surface area (Å²) in [7, 11) is 0. The molecule has 3 heterocycles. The molecule has 1 amide bonds. The van der Waals surface area contributed by atoms with Crippen molar-refractivity contribution in [1.29, 1.82) is 0 Å². The van der Waals surface area contributed by atoms with Crippen molar-refractivity contribution in [2.75, 3.05) is 6.54 Å². The Morgan fingerprint density at radius 3 is 2.92 bits per heavy atom. The second-order valence-corrected chi connectivity index (χ2v) is 7.12. The summed E-state index contributed by atoms with van der Waals surface area (Å²) in [6, 6.07) is 12.3. The van der Waals surface area contributed by atoms with Gasteiger partial charge in [-0.2, -0.15) is 4.98 Å². The number of amides is 1. The van der Waals surface area contributed by atoms with Gasteiger partial charge in [0.25, 0.3) is 0 Å². The summed E-state index contributed by atoms with van der Waals surface area (Å²) in [5, 5.41) is 5.99. The van der Waals surface area contributed by atoms with Gasteiger partial charge in [0.15, 0.2) is 0 Å². The van der Waals surface area contributed by atoms with E-state index in [0.29, 0.717) is 24.6 Å². The van der Waals surface area contributed by atoms with Crippen LogP contribution in [0.2, 0.25) is 0 Å². The molecule has 0 fully saturated rings. The third kappa shape index (κ3) is 3.64. The van der Waals surface area contributed by atoms with Crippen molar-refractivity contribution in [2.45, 2.75) is 32.2 Å². The molecule has 4 rings (SSSR count). The van der Waals surface area contributed by atoms with E-state index in [1.165, 1.54) is 11.1 Å². The Balaban J connectivity index is 1.28. The largest absolute Gasteiger partial charge is 0.339 e. The normalized spacial score (nSPS) is 13.7. The van der Waals surface area contributed by atoms with Gasteiger partial charge in [0, 0.05) is 25.9 Å². The molecule has 2 aromatic heterocycles. The second-order valence-electron chi connectivity index (χ2n) is 6.18. The van der Waals surface area contributed by atoms with Crippen molar-refractivity contribution in [3.63, 3.8) is 0 Å². The minimum Gasteiger partial charge on any atom is -0.339 e. The van der Waals surface area contributed by atoms with Crippen LogP contribution in [0.5, 0.6) is 0 Å². The quantitative estimate of drug-likeness (QED) is 0.702. The molecule has 0 unspecified atom stereocenters. The molecule has 0 N–H and O–H groups in total. The molecule has 1 aromatic carbocycles. The molecule has 0 saturated heterocycles. The van der Waals surface area contributed by atoms with Crippen LogP contribution in [0.15, 0.2) is 46.3 Å². The van der Waals surface area contributed by atoms with Crippen molar-refractivity contribution < 1.29 is 9.32 Å². The topological polar surface area (TPSA) is 59.2 Å². The Kier molecular flexibility index (Phi) is 4.61. The van der Waals surface area contributed by atoms with Crippen LogP contribution in [0, 0.1) is 0 Å². The van der Waals surface area contributed by atoms with Crippen LogP contribution in [0.1, 0.15) is 29.9 Å². The van der Waals surface area contributed by atoms with Crippen LogP contribution in [0.25, 0.3) is 10.7 Å². The molecular formula is C19H19N3O2S. The number of hydrogen-bond acceptors (Lipinski definition) is 5. The van der Waals surface area contributed by atoms with E-state index >= 15 is 0 Å². The number of nitrogens with zero attached hydrogens (tertiary/aromatic N) is 3.